The summed E-state index contributed by atoms with van der Waals surface area (Å²) in [6, 6.07) is -0.395. The smallest absolute Gasteiger partial charge is 0.317 e. The van der Waals surface area contributed by atoms with E-state index in [1.165, 1.54) is 11.3 Å². The molecular formula is C15H26N2O4. The zero-order valence-corrected chi connectivity index (χ0v) is 13.0. The predicted octanol–water partition coefficient (Wildman–Crippen LogP) is 1.55. The van der Waals surface area contributed by atoms with Gasteiger partial charge in [-0.3, -0.25) is 4.79 Å². The average molecular weight is 298 g/mol. The minimum absolute atomic E-state index is 0.176. The topological polar surface area (TPSA) is 78.9 Å². The van der Waals surface area contributed by atoms with Crippen LogP contribution in [0.5, 0.6) is 0 Å². The Balaban J connectivity index is 1.91. The van der Waals surface area contributed by atoms with Crippen molar-refractivity contribution in [1.82, 2.24) is 10.2 Å². The molecule has 0 radical (unpaired) electrons. The molecule has 4 unspecified atom stereocenters. The molecule has 1 aliphatic carbocycles. The Morgan fingerprint density at radius 1 is 1.14 bits per heavy atom. The number of carbonyl (C=O) groups excluding carboxylic acids is 1. The summed E-state index contributed by atoms with van der Waals surface area (Å²) in [4.78, 5) is 25.0. The monoisotopic (exact) mass is 298 g/mol. The first kappa shape index (κ1) is 16.1. The van der Waals surface area contributed by atoms with E-state index in [1.54, 1.807) is 7.05 Å². The van der Waals surface area contributed by atoms with E-state index in [4.69, 9.17) is 9.84 Å². The summed E-state index contributed by atoms with van der Waals surface area (Å²) in [6.07, 6.45) is 3.20. The maximum absolute atomic E-state index is 12.3. The number of amides is 2. The molecule has 1 aliphatic heterocycles. The number of likely N-dealkylation sites (N-methyl/N-ethyl adjacent to an activating group) is 1. The van der Waals surface area contributed by atoms with E-state index in [-0.39, 0.29) is 24.7 Å². The minimum atomic E-state index is -0.905. The van der Waals surface area contributed by atoms with Gasteiger partial charge in [-0.05, 0) is 31.1 Å². The number of aliphatic carboxylic acids is 1. The maximum Gasteiger partial charge on any atom is 0.317 e. The number of hydrogen-bond donors (Lipinski definition) is 2. The number of rotatable bonds is 3. The molecule has 6 heteroatoms. The Hall–Kier alpha value is -1.30. The van der Waals surface area contributed by atoms with Crippen molar-refractivity contribution in [3.05, 3.63) is 0 Å². The van der Waals surface area contributed by atoms with E-state index in [0.717, 1.165) is 12.8 Å². The second-order valence-corrected chi connectivity index (χ2v) is 6.72. The molecule has 2 aliphatic rings. The van der Waals surface area contributed by atoms with Gasteiger partial charge in [0, 0.05) is 13.1 Å². The summed E-state index contributed by atoms with van der Waals surface area (Å²) in [6.45, 7) is 4.89. The van der Waals surface area contributed by atoms with Crippen molar-refractivity contribution in [2.75, 3.05) is 20.3 Å². The zero-order valence-electron chi connectivity index (χ0n) is 13.0. The second kappa shape index (κ2) is 6.64. The Kier molecular flexibility index (Phi) is 5.08. The van der Waals surface area contributed by atoms with Crippen molar-refractivity contribution >= 4 is 12.0 Å². The lowest BCUT2D eigenvalue weighted by Crippen LogP contribution is -2.51. The molecule has 0 aromatic carbocycles. The van der Waals surface area contributed by atoms with Gasteiger partial charge >= 0.3 is 12.0 Å². The fourth-order valence-electron chi connectivity index (χ4n) is 3.65. The Labute approximate surface area is 125 Å². The van der Waals surface area contributed by atoms with E-state index in [9.17, 15) is 9.59 Å². The highest BCUT2D eigenvalue weighted by atomic mass is 16.5. The first-order valence-corrected chi connectivity index (χ1v) is 7.72. The molecule has 0 spiro atoms. The standard InChI is InChI=1S/C15H26N2O4/c1-9-4-10(2)6-11(5-9)16-15(20)17(3)13-8-21-7-12(13)14(18)19/h9-13H,4-8H2,1-3H3,(H,16,20)(H,18,19). The largest absolute Gasteiger partial charge is 0.481 e. The molecule has 0 aromatic heterocycles. The summed E-state index contributed by atoms with van der Waals surface area (Å²) in [5, 5.41) is 12.2. The maximum atomic E-state index is 12.3. The number of urea groups is 1. The summed E-state index contributed by atoms with van der Waals surface area (Å²) in [5.74, 6) is -0.307. The van der Waals surface area contributed by atoms with Gasteiger partial charge in [-0.1, -0.05) is 13.8 Å². The van der Waals surface area contributed by atoms with Crippen LogP contribution in [-0.2, 0) is 9.53 Å². The highest BCUT2D eigenvalue weighted by Crippen LogP contribution is 2.28. The van der Waals surface area contributed by atoms with Crippen molar-refractivity contribution < 1.29 is 19.4 Å². The van der Waals surface area contributed by atoms with Gasteiger partial charge in [-0.25, -0.2) is 4.79 Å². The third kappa shape index (κ3) is 3.87. The van der Waals surface area contributed by atoms with Crippen LogP contribution >= 0.6 is 0 Å². The van der Waals surface area contributed by atoms with Crippen LogP contribution in [0.25, 0.3) is 0 Å². The van der Waals surface area contributed by atoms with E-state index >= 15 is 0 Å². The van der Waals surface area contributed by atoms with Crippen molar-refractivity contribution in [2.45, 2.75) is 45.2 Å². The molecule has 2 N–H and O–H groups in total. The van der Waals surface area contributed by atoms with Gasteiger partial charge in [-0.2, -0.15) is 0 Å². The van der Waals surface area contributed by atoms with Crippen molar-refractivity contribution in [2.24, 2.45) is 17.8 Å². The van der Waals surface area contributed by atoms with Gasteiger partial charge in [0.05, 0.1) is 19.3 Å². The van der Waals surface area contributed by atoms with E-state index in [2.05, 4.69) is 19.2 Å². The van der Waals surface area contributed by atoms with Crippen LogP contribution in [-0.4, -0.2) is 54.4 Å². The molecule has 0 bridgehead atoms. The van der Waals surface area contributed by atoms with Crippen molar-refractivity contribution in [3.8, 4) is 0 Å². The SMILES string of the molecule is CC1CC(C)CC(NC(=O)N(C)C2COCC2C(=O)O)C1. The minimum Gasteiger partial charge on any atom is -0.481 e. The van der Waals surface area contributed by atoms with Gasteiger partial charge < -0.3 is 20.1 Å². The number of hydrogen-bond acceptors (Lipinski definition) is 3. The average Bonchev–Trinajstić information content (AvgIpc) is 2.85. The molecule has 6 nitrogen and oxygen atoms in total. The molecule has 1 saturated carbocycles. The molecule has 21 heavy (non-hydrogen) atoms. The molecule has 2 amide bonds. The van der Waals surface area contributed by atoms with E-state index in [1.807, 2.05) is 0 Å². The van der Waals surface area contributed by atoms with Crippen molar-refractivity contribution in [1.29, 1.82) is 0 Å². The van der Waals surface area contributed by atoms with Crippen LogP contribution in [0.15, 0.2) is 0 Å². The Morgan fingerprint density at radius 2 is 1.76 bits per heavy atom. The zero-order chi connectivity index (χ0) is 15.6. The highest BCUT2D eigenvalue weighted by molar-refractivity contribution is 5.77. The number of carboxylic acid groups (broad SMARTS) is 1. The van der Waals surface area contributed by atoms with Crippen LogP contribution in [0, 0.1) is 17.8 Å². The lowest BCUT2D eigenvalue weighted by molar-refractivity contribution is -0.142. The third-order valence-corrected chi connectivity index (χ3v) is 4.69. The predicted molar refractivity (Wildman–Crippen MR) is 78.0 cm³/mol. The Bertz CT molecular complexity index is 391. The number of ether oxygens (including phenoxy) is 1. The Morgan fingerprint density at radius 3 is 2.33 bits per heavy atom. The third-order valence-electron chi connectivity index (χ3n) is 4.69. The number of carbonyl (C=O) groups is 2. The van der Waals surface area contributed by atoms with Crippen LogP contribution in [0.3, 0.4) is 0 Å². The normalized spacial score (nSPS) is 36.2. The molecular weight excluding hydrogens is 272 g/mol. The van der Waals surface area contributed by atoms with E-state index < -0.39 is 11.9 Å². The highest BCUT2D eigenvalue weighted by Gasteiger charge is 2.39. The molecule has 4 atom stereocenters. The summed E-state index contributed by atoms with van der Waals surface area (Å²) in [5.41, 5.74) is 0. The second-order valence-electron chi connectivity index (χ2n) is 6.72. The van der Waals surface area contributed by atoms with Crippen molar-refractivity contribution in [3.63, 3.8) is 0 Å². The molecule has 1 saturated heterocycles. The number of carboxylic acids is 1. The fraction of sp³-hybridized carbons (Fsp3) is 0.867. The molecule has 0 aromatic rings. The number of nitrogens with zero attached hydrogens (tertiary/aromatic N) is 1. The van der Waals surface area contributed by atoms with Crippen LogP contribution in [0.2, 0.25) is 0 Å². The van der Waals surface area contributed by atoms with Crippen LogP contribution < -0.4 is 5.32 Å². The first-order valence-electron chi connectivity index (χ1n) is 7.72. The van der Waals surface area contributed by atoms with Gasteiger partial charge in [0.1, 0.15) is 5.92 Å². The van der Waals surface area contributed by atoms with Gasteiger partial charge in [0.15, 0.2) is 0 Å². The van der Waals surface area contributed by atoms with E-state index in [0.29, 0.717) is 18.4 Å². The lowest BCUT2D eigenvalue weighted by atomic mass is 9.80. The molecule has 1 heterocycles. The summed E-state index contributed by atoms with van der Waals surface area (Å²) < 4.78 is 5.22. The lowest BCUT2D eigenvalue weighted by Gasteiger charge is -2.34. The van der Waals surface area contributed by atoms with Crippen LogP contribution in [0.4, 0.5) is 4.79 Å². The van der Waals surface area contributed by atoms with Gasteiger partial charge in [0.2, 0.25) is 0 Å². The number of nitrogens with one attached hydrogen (secondary N) is 1. The molecule has 2 rings (SSSR count). The summed E-state index contributed by atoms with van der Waals surface area (Å²) >= 11 is 0. The summed E-state index contributed by atoms with van der Waals surface area (Å²) in [7, 11) is 1.65. The van der Waals surface area contributed by atoms with Crippen LogP contribution in [0.1, 0.15) is 33.1 Å². The quantitative estimate of drug-likeness (QED) is 0.828. The fourth-order valence-corrected chi connectivity index (χ4v) is 3.65. The van der Waals surface area contributed by atoms with Gasteiger partial charge in [-0.15, -0.1) is 0 Å². The molecule has 120 valence electrons. The first-order chi connectivity index (χ1) is 9.88. The molecule has 2 fully saturated rings. The van der Waals surface area contributed by atoms with Gasteiger partial charge in [0.25, 0.3) is 0 Å².